The maximum Gasteiger partial charge on any atom is 0.157 e. The fourth-order valence-corrected chi connectivity index (χ4v) is 3.28. The van der Waals surface area contributed by atoms with Crippen LogP contribution < -0.4 is 5.32 Å². The summed E-state index contributed by atoms with van der Waals surface area (Å²) in [5, 5.41) is 23.1. The summed E-state index contributed by atoms with van der Waals surface area (Å²) in [4.78, 5) is 4.58. The lowest BCUT2D eigenvalue weighted by atomic mass is 10.1. The highest BCUT2D eigenvalue weighted by molar-refractivity contribution is 5.85. The van der Waals surface area contributed by atoms with Gasteiger partial charge >= 0.3 is 0 Å². The number of pyridine rings is 1. The highest BCUT2D eigenvalue weighted by Gasteiger charge is 2.17. The van der Waals surface area contributed by atoms with Crippen LogP contribution in [0.15, 0.2) is 54.6 Å². The predicted molar refractivity (Wildman–Crippen MR) is 102 cm³/mol. The Morgan fingerprint density at radius 2 is 1.96 bits per heavy atom. The molecule has 0 fully saturated rings. The van der Waals surface area contributed by atoms with Crippen molar-refractivity contribution in [2.45, 2.75) is 13.0 Å². The molecule has 5 nitrogen and oxygen atoms in total. The Hall–Kier alpha value is -3.43. The molecule has 2 aromatic heterocycles. The van der Waals surface area contributed by atoms with Crippen LogP contribution in [0.2, 0.25) is 0 Å². The molecule has 0 aliphatic rings. The number of nitrogens with zero attached hydrogens (tertiary/aromatic N) is 3. The quantitative estimate of drug-likeness (QED) is 0.578. The molecule has 6 heteroatoms. The number of nitriles is 1. The van der Waals surface area contributed by atoms with Crippen LogP contribution in [0.1, 0.15) is 22.8 Å². The minimum Gasteiger partial charge on any atom is -0.386 e. The van der Waals surface area contributed by atoms with Gasteiger partial charge in [-0.1, -0.05) is 30.3 Å². The second-order valence-corrected chi connectivity index (χ2v) is 6.38. The van der Waals surface area contributed by atoms with E-state index in [0.717, 1.165) is 16.6 Å². The first-order valence-electron chi connectivity index (χ1n) is 8.57. The molecular formula is C21H17FN4O. The minimum atomic E-state index is -1.01. The van der Waals surface area contributed by atoms with Crippen LogP contribution in [0, 0.1) is 24.1 Å². The third-order valence-corrected chi connectivity index (χ3v) is 4.63. The van der Waals surface area contributed by atoms with Gasteiger partial charge in [-0.2, -0.15) is 5.26 Å². The molecule has 2 aromatic carbocycles. The van der Waals surface area contributed by atoms with E-state index in [1.54, 1.807) is 18.2 Å². The third-order valence-electron chi connectivity index (χ3n) is 4.63. The Morgan fingerprint density at radius 1 is 1.22 bits per heavy atom. The number of benzene rings is 2. The molecule has 1 atom stereocenters. The van der Waals surface area contributed by atoms with E-state index in [2.05, 4.69) is 16.4 Å². The van der Waals surface area contributed by atoms with Crippen molar-refractivity contribution >= 4 is 22.5 Å². The Balaban J connectivity index is 1.78. The van der Waals surface area contributed by atoms with Gasteiger partial charge in [0.25, 0.3) is 0 Å². The average molecular weight is 360 g/mol. The first-order valence-corrected chi connectivity index (χ1v) is 8.57. The maximum atomic E-state index is 13.9. The molecule has 2 heterocycles. The number of hydrogen-bond donors (Lipinski definition) is 2. The second kappa shape index (κ2) is 6.71. The zero-order valence-electron chi connectivity index (χ0n) is 14.6. The lowest BCUT2D eigenvalue weighted by Gasteiger charge is -2.16. The molecule has 0 spiro atoms. The number of aromatic nitrogens is 2. The summed E-state index contributed by atoms with van der Waals surface area (Å²) in [6, 6.07) is 17.8. The zero-order valence-corrected chi connectivity index (χ0v) is 14.6. The second-order valence-electron chi connectivity index (χ2n) is 6.38. The third kappa shape index (κ3) is 2.88. The van der Waals surface area contributed by atoms with Crippen molar-refractivity contribution in [1.82, 2.24) is 9.38 Å². The molecule has 0 aliphatic carbocycles. The molecule has 0 saturated carbocycles. The van der Waals surface area contributed by atoms with Gasteiger partial charge < -0.3 is 10.4 Å². The molecule has 2 N–H and O–H groups in total. The topological polar surface area (TPSA) is 73.3 Å². The number of aryl methyl sites for hydroxylation is 1. The van der Waals surface area contributed by atoms with E-state index in [0.29, 0.717) is 17.0 Å². The van der Waals surface area contributed by atoms with Crippen molar-refractivity contribution in [3.8, 4) is 6.07 Å². The number of aliphatic hydroxyl groups excluding tert-OH is 1. The molecule has 0 aliphatic heterocycles. The number of fused-ring (bicyclic) bond motifs is 3. The van der Waals surface area contributed by atoms with Gasteiger partial charge in [-0.15, -0.1) is 0 Å². The summed E-state index contributed by atoms with van der Waals surface area (Å²) in [7, 11) is 0. The van der Waals surface area contributed by atoms with Crippen molar-refractivity contribution in [2.75, 3.05) is 11.9 Å². The molecule has 0 bridgehead atoms. The number of anilines is 1. The Morgan fingerprint density at radius 3 is 2.74 bits per heavy atom. The molecular weight excluding hydrogens is 343 g/mol. The van der Waals surface area contributed by atoms with Crippen molar-refractivity contribution in [3.05, 3.63) is 77.1 Å². The van der Waals surface area contributed by atoms with Crippen molar-refractivity contribution in [3.63, 3.8) is 0 Å². The van der Waals surface area contributed by atoms with Gasteiger partial charge in [-0.05, 0) is 36.8 Å². The van der Waals surface area contributed by atoms with E-state index in [1.807, 2.05) is 41.7 Å². The number of para-hydroxylation sites is 2. The lowest BCUT2D eigenvalue weighted by Crippen LogP contribution is -2.15. The molecule has 27 heavy (non-hydrogen) atoms. The average Bonchev–Trinajstić information content (AvgIpc) is 3.05. The first kappa shape index (κ1) is 17.0. The van der Waals surface area contributed by atoms with E-state index >= 15 is 0 Å². The van der Waals surface area contributed by atoms with Crippen LogP contribution in [0.3, 0.4) is 0 Å². The highest BCUT2D eigenvalue weighted by atomic mass is 19.1. The lowest BCUT2D eigenvalue weighted by molar-refractivity contribution is 0.186. The maximum absolute atomic E-state index is 13.9. The number of imidazole rings is 1. The van der Waals surface area contributed by atoms with Crippen LogP contribution in [-0.2, 0) is 0 Å². The van der Waals surface area contributed by atoms with E-state index in [4.69, 9.17) is 0 Å². The van der Waals surface area contributed by atoms with E-state index in [1.165, 1.54) is 6.07 Å². The molecule has 4 rings (SSSR count). The smallest absolute Gasteiger partial charge is 0.157 e. The van der Waals surface area contributed by atoms with Crippen LogP contribution in [0.25, 0.3) is 16.7 Å². The summed E-state index contributed by atoms with van der Waals surface area (Å²) in [5.41, 5.74) is 3.71. The monoisotopic (exact) mass is 360 g/mol. The van der Waals surface area contributed by atoms with Crippen LogP contribution in [0.5, 0.6) is 0 Å². The first-order chi connectivity index (χ1) is 13.1. The fourth-order valence-electron chi connectivity index (χ4n) is 3.28. The van der Waals surface area contributed by atoms with Crippen LogP contribution >= 0.6 is 0 Å². The van der Waals surface area contributed by atoms with Crippen molar-refractivity contribution in [1.29, 1.82) is 5.26 Å². The van der Waals surface area contributed by atoms with Gasteiger partial charge in [-0.25, -0.2) is 9.37 Å². The number of halogens is 1. The molecule has 0 radical (unpaired) electrons. The predicted octanol–water partition coefficient (Wildman–Crippen LogP) is 3.95. The highest BCUT2D eigenvalue weighted by Crippen LogP contribution is 2.27. The zero-order chi connectivity index (χ0) is 19.0. The van der Waals surface area contributed by atoms with Crippen LogP contribution in [-0.4, -0.2) is 21.0 Å². The Bertz CT molecular complexity index is 1190. The minimum absolute atomic E-state index is 0.119. The van der Waals surface area contributed by atoms with E-state index < -0.39 is 11.9 Å². The van der Waals surface area contributed by atoms with Crippen molar-refractivity contribution in [2.24, 2.45) is 0 Å². The van der Waals surface area contributed by atoms with Crippen LogP contribution in [0.4, 0.5) is 10.2 Å². The SMILES string of the molecule is Cc1cc(NC[C@@H](O)c2ccccc2F)n2c(nc3ccccc32)c1C#N. The summed E-state index contributed by atoms with van der Waals surface area (Å²) in [6.45, 7) is 1.96. The standard InChI is InChI=1S/C21H17FN4O/c1-13-10-20(24-12-19(27)14-6-2-3-7-16(14)22)26-18-9-5-4-8-17(18)25-21(26)15(13)11-23/h2-10,19,24,27H,12H2,1H3/t19-/m1/s1. The van der Waals surface area contributed by atoms with Gasteiger partial charge in [0.05, 0.1) is 22.7 Å². The molecule has 0 amide bonds. The van der Waals surface area contributed by atoms with Crippen molar-refractivity contribution < 1.29 is 9.50 Å². The van der Waals surface area contributed by atoms with Gasteiger partial charge in [0.15, 0.2) is 5.65 Å². The number of rotatable bonds is 4. The number of nitrogens with one attached hydrogen (secondary N) is 1. The summed E-state index contributed by atoms with van der Waals surface area (Å²) >= 11 is 0. The Labute approximate surface area is 155 Å². The van der Waals surface area contributed by atoms with E-state index in [-0.39, 0.29) is 12.1 Å². The number of aliphatic hydroxyl groups is 1. The summed E-state index contributed by atoms with van der Waals surface area (Å²) < 4.78 is 15.8. The fraction of sp³-hybridized carbons (Fsp3) is 0.143. The summed E-state index contributed by atoms with van der Waals surface area (Å²) in [6.07, 6.45) is -1.01. The normalized spacial score (nSPS) is 12.2. The van der Waals surface area contributed by atoms with E-state index in [9.17, 15) is 14.8 Å². The molecule has 0 unspecified atom stereocenters. The van der Waals surface area contributed by atoms with Gasteiger partial charge in [0, 0.05) is 12.1 Å². The largest absolute Gasteiger partial charge is 0.386 e. The van der Waals surface area contributed by atoms with Gasteiger partial charge in [0.1, 0.15) is 17.7 Å². The van der Waals surface area contributed by atoms with Gasteiger partial charge in [0.2, 0.25) is 0 Å². The number of hydrogen-bond acceptors (Lipinski definition) is 4. The molecule has 0 saturated heterocycles. The summed E-state index contributed by atoms with van der Waals surface area (Å²) in [5.74, 6) is 0.242. The Kier molecular flexibility index (Phi) is 4.22. The molecule has 134 valence electrons. The van der Waals surface area contributed by atoms with Gasteiger partial charge in [-0.3, -0.25) is 4.40 Å². The molecule has 4 aromatic rings.